The van der Waals surface area contributed by atoms with Crippen LogP contribution >= 0.6 is 0 Å². The van der Waals surface area contributed by atoms with Crippen molar-refractivity contribution in [1.29, 1.82) is 0 Å². The number of carboxylic acid groups (broad SMARTS) is 1. The van der Waals surface area contributed by atoms with Crippen LogP contribution in [0, 0.1) is 11.3 Å². The van der Waals surface area contributed by atoms with Crippen LogP contribution < -0.4 is 5.48 Å². The molecule has 1 atom stereocenters. The van der Waals surface area contributed by atoms with E-state index < -0.39 is 6.09 Å². The van der Waals surface area contributed by atoms with Gasteiger partial charge in [0.15, 0.2) is 0 Å². The molecule has 0 aromatic heterocycles. The van der Waals surface area contributed by atoms with Crippen molar-refractivity contribution in [2.75, 3.05) is 39.8 Å². The molecule has 1 saturated carbocycles. The molecular weight excluding hydrogens is 348 g/mol. The molecule has 0 unspecified atom stereocenters. The Kier molecular flexibility index (Phi) is 5.20. The van der Waals surface area contributed by atoms with Crippen molar-refractivity contribution in [2.45, 2.75) is 57.0 Å². The molecule has 1 spiro atoms. The van der Waals surface area contributed by atoms with Gasteiger partial charge in [-0.3, -0.25) is 4.84 Å². The van der Waals surface area contributed by atoms with Gasteiger partial charge in [-0.05, 0) is 69.4 Å². The van der Waals surface area contributed by atoms with Crippen LogP contribution in [-0.4, -0.2) is 83.8 Å². The number of likely N-dealkylation sites (tertiary alicyclic amines) is 3. The summed E-state index contributed by atoms with van der Waals surface area (Å²) in [5, 5.41) is 9.18. The van der Waals surface area contributed by atoms with Crippen LogP contribution in [0.1, 0.15) is 44.9 Å². The second kappa shape index (κ2) is 7.47. The van der Waals surface area contributed by atoms with E-state index in [9.17, 15) is 14.7 Å². The average Bonchev–Trinajstić information content (AvgIpc) is 3.28. The van der Waals surface area contributed by atoms with Gasteiger partial charge in [-0.15, -0.1) is 0 Å². The van der Waals surface area contributed by atoms with E-state index in [1.54, 1.807) is 4.90 Å². The summed E-state index contributed by atoms with van der Waals surface area (Å²) in [6.07, 6.45) is 7.01. The fraction of sp³-hybridized carbons (Fsp3) is 0.895. The average molecular weight is 380 g/mol. The smallest absolute Gasteiger partial charge is 0.407 e. The molecule has 0 aromatic rings. The third-order valence-corrected chi connectivity index (χ3v) is 7.43. The number of nitrogens with zero attached hydrogens (tertiary/aromatic N) is 3. The van der Waals surface area contributed by atoms with Gasteiger partial charge in [-0.2, -0.15) is 0 Å². The summed E-state index contributed by atoms with van der Waals surface area (Å²) in [5.74, 6) is 0.578. The Labute approximate surface area is 160 Å². The quantitative estimate of drug-likeness (QED) is 0.731. The van der Waals surface area contributed by atoms with Crippen LogP contribution in [0.15, 0.2) is 0 Å². The second-order valence-electron chi connectivity index (χ2n) is 8.90. The molecule has 27 heavy (non-hydrogen) atoms. The number of carbonyl (C=O) groups excluding carboxylic acids is 1. The molecule has 0 radical (unpaired) electrons. The lowest BCUT2D eigenvalue weighted by Crippen LogP contribution is -2.55. The lowest BCUT2D eigenvalue weighted by Gasteiger charge is -2.52. The highest BCUT2D eigenvalue weighted by Gasteiger charge is 2.51. The lowest BCUT2D eigenvalue weighted by molar-refractivity contribution is -0.0146. The van der Waals surface area contributed by atoms with Crippen LogP contribution in [0.4, 0.5) is 9.59 Å². The highest BCUT2D eigenvalue weighted by molar-refractivity contribution is 5.73. The number of rotatable bonds is 3. The highest BCUT2D eigenvalue weighted by atomic mass is 16.6. The Balaban J connectivity index is 1.24. The van der Waals surface area contributed by atoms with Crippen molar-refractivity contribution in [3.8, 4) is 0 Å². The minimum absolute atomic E-state index is 0.104. The normalized spacial score (nSPS) is 34.9. The van der Waals surface area contributed by atoms with Gasteiger partial charge >= 0.3 is 12.1 Å². The van der Waals surface area contributed by atoms with E-state index in [1.807, 2.05) is 4.90 Å². The first-order chi connectivity index (χ1) is 13.0. The zero-order valence-electron chi connectivity index (χ0n) is 16.2. The van der Waals surface area contributed by atoms with Crippen molar-refractivity contribution >= 4 is 12.1 Å². The summed E-state index contributed by atoms with van der Waals surface area (Å²) >= 11 is 0. The Morgan fingerprint density at radius 3 is 2.48 bits per heavy atom. The standard InChI is InChI=1S/C19H32N4O4/c1-27-20-17(24)23-7-2-3-16(23)14-4-8-21(9-5-14)15-11-19(12-15)6-10-22(13-19)18(25)26/h14-16H,2-13H2,1H3,(H,20,24)(H,25,26)/t15?,16-,19?/m0/s1. The minimum Gasteiger partial charge on any atom is -0.465 e. The number of hydroxylamine groups is 1. The van der Waals surface area contributed by atoms with Gasteiger partial charge in [0.05, 0.1) is 7.11 Å². The first kappa shape index (κ1) is 18.8. The highest BCUT2D eigenvalue weighted by Crippen LogP contribution is 2.50. The Morgan fingerprint density at radius 1 is 1.11 bits per heavy atom. The summed E-state index contributed by atoms with van der Waals surface area (Å²) in [4.78, 5) is 34.3. The zero-order valence-corrected chi connectivity index (χ0v) is 16.2. The number of hydrogen-bond donors (Lipinski definition) is 2. The molecule has 1 aliphatic carbocycles. The van der Waals surface area contributed by atoms with Gasteiger partial charge in [0.1, 0.15) is 0 Å². The molecule has 8 nitrogen and oxygen atoms in total. The van der Waals surface area contributed by atoms with Crippen molar-refractivity contribution in [1.82, 2.24) is 20.2 Å². The lowest BCUT2D eigenvalue weighted by atomic mass is 9.64. The van der Waals surface area contributed by atoms with Crippen molar-refractivity contribution in [3.05, 3.63) is 0 Å². The fourth-order valence-corrected chi connectivity index (χ4v) is 5.98. The van der Waals surface area contributed by atoms with Gasteiger partial charge in [-0.25, -0.2) is 15.1 Å². The number of piperidine rings is 1. The minimum atomic E-state index is -0.769. The first-order valence-electron chi connectivity index (χ1n) is 10.3. The van der Waals surface area contributed by atoms with Crippen molar-refractivity contribution < 1.29 is 19.5 Å². The second-order valence-corrected chi connectivity index (χ2v) is 8.90. The molecule has 8 heteroatoms. The molecule has 3 aliphatic heterocycles. The van der Waals surface area contributed by atoms with E-state index in [0.29, 0.717) is 24.5 Å². The van der Waals surface area contributed by atoms with Crippen LogP contribution in [0.5, 0.6) is 0 Å². The SMILES string of the molecule is CONC(=O)N1CCC[C@H]1C1CCN(C2CC3(CCN(C(=O)O)C3)C2)CC1. The largest absolute Gasteiger partial charge is 0.465 e. The van der Waals surface area contributed by atoms with Gasteiger partial charge in [0.25, 0.3) is 0 Å². The van der Waals surface area contributed by atoms with Gasteiger partial charge < -0.3 is 19.8 Å². The summed E-state index contributed by atoms with van der Waals surface area (Å²) in [6.45, 7) is 4.45. The van der Waals surface area contributed by atoms with Gasteiger partial charge in [0, 0.05) is 31.7 Å². The maximum Gasteiger partial charge on any atom is 0.407 e. The summed E-state index contributed by atoms with van der Waals surface area (Å²) in [6, 6.07) is 0.859. The molecular formula is C19H32N4O4. The molecule has 2 N–H and O–H groups in total. The number of nitrogens with one attached hydrogen (secondary N) is 1. The Morgan fingerprint density at radius 2 is 1.85 bits per heavy atom. The fourth-order valence-electron chi connectivity index (χ4n) is 5.98. The molecule has 4 rings (SSSR count). The third kappa shape index (κ3) is 3.61. The Bertz CT molecular complexity index is 572. The maximum absolute atomic E-state index is 12.2. The number of urea groups is 1. The van der Waals surface area contributed by atoms with Crippen LogP contribution in [0.3, 0.4) is 0 Å². The monoisotopic (exact) mass is 380 g/mol. The number of hydrogen-bond acceptors (Lipinski definition) is 4. The molecule has 4 aliphatic rings. The predicted octanol–water partition coefficient (Wildman–Crippen LogP) is 1.97. The van der Waals surface area contributed by atoms with Crippen LogP contribution in [0.25, 0.3) is 0 Å². The van der Waals surface area contributed by atoms with Crippen molar-refractivity contribution in [2.24, 2.45) is 11.3 Å². The molecule has 4 fully saturated rings. The van der Waals surface area contributed by atoms with Crippen LogP contribution in [-0.2, 0) is 4.84 Å². The van der Waals surface area contributed by atoms with E-state index >= 15 is 0 Å². The topological polar surface area (TPSA) is 85.4 Å². The zero-order chi connectivity index (χ0) is 19.0. The van der Waals surface area contributed by atoms with E-state index in [2.05, 4.69) is 10.4 Å². The maximum atomic E-state index is 12.2. The molecule has 3 amide bonds. The van der Waals surface area contributed by atoms with E-state index in [0.717, 1.165) is 71.1 Å². The predicted molar refractivity (Wildman–Crippen MR) is 99.2 cm³/mol. The third-order valence-electron chi connectivity index (χ3n) is 7.43. The Hall–Kier alpha value is -1.54. The van der Waals surface area contributed by atoms with E-state index in [-0.39, 0.29) is 11.4 Å². The summed E-state index contributed by atoms with van der Waals surface area (Å²) < 4.78 is 0. The van der Waals surface area contributed by atoms with E-state index in [1.165, 1.54) is 7.11 Å². The molecule has 3 saturated heterocycles. The van der Waals surface area contributed by atoms with Crippen LogP contribution in [0.2, 0.25) is 0 Å². The number of amides is 3. The van der Waals surface area contributed by atoms with Gasteiger partial charge in [-0.1, -0.05) is 0 Å². The summed E-state index contributed by atoms with van der Waals surface area (Å²) in [5.41, 5.74) is 2.72. The molecule has 0 bridgehead atoms. The number of carbonyl (C=O) groups is 2. The summed E-state index contributed by atoms with van der Waals surface area (Å²) in [7, 11) is 1.48. The first-order valence-corrected chi connectivity index (χ1v) is 10.3. The van der Waals surface area contributed by atoms with Gasteiger partial charge in [0.2, 0.25) is 0 Å². The molecule has 152 valence electrons. The molecule has 3 heterocycles. The molecule has 0 aromatic carbocycles. The van der Waals surface area contributed by atoms with Crippen molar-refractivity contribution in [3.63, 3.8) is 0 Å². The van der Waals surface area contributed by atoms with E-state index in [4.69, 9.17) is 4.84 Å².